The fourth-order valence-corrected chi connectivity index (χ4v) is 3.93. The van der Waals surface area contributed by atoms with E-state index in [4.69, 9.17) is 0 Å². The van der Waals surface area contributed by atoms with E-state index in [2.05, 4.69) is 35.5 Å². The Morgan fingerprint density at radius 1 is 0.971 bits per heavy atom. The molecule has 1 heterocycles. The third-order valence-electron chi connectivity index (χ3n) is 5.82. The second kappa shape index (κ2) is 11.1. The smallest absolute Gasteiger partial charge is 0.272 e. The molecule has 0 aliphatic carbocycles. The van der Waals surface area contributed by atoms with E-state index >= 15 is 0 Å². The number of unbranched alkanes of at least 4 members (excludes halogenated alkanes) is 1. The van der Waals surface area contributed by atoms with Crippen LogP contribution in [0.15, 0.2) is 84.9 Å². The van der Waals surface area contributed by atoms with Crippen molar-refractivity contribution in [3.05, 3.63) is 113 Å². The summed E-state index contributed by atoms with van der Waals surface area (Å²) >= 11 is 0. The lowest BCUT2D eigenvalue weighted by molar-refractivity contribution is 0.0945. The van der Waals surface area contributed by atoms with Gasteiger partial charge in [-0.1, -0.05) is 86.1 Å². The molecule has 0 fully saturated rings. The van der Waals surface area contributed by atoms with E-state index in [0.717, 1.165) is 47.2 Å². The molecule has 3 aromatic carbocycles. The molecule has 1 aromatic heterocycles. The molecule has 0 saturated heterocycles. The Bertz CT molecular complexity index is 1280. The second-order valence-electron chi connectivity index (χ2n) is 8.30. The van der Waals surface area contributed by atoms with Gasteiger partial charge in [-0.25, -0.2) is 0 Å². The Labute approximate surface area is 200 Å². The SMILES string of the molecule is CCCCc1cc(C(=O)NCc2ccccc2)nn1Cc1ccc(-c2ccccc2C#N)cc1. The maximum Gasteiger partial charge on any atom is 0.272 e. The lowest BCUT2D eigenvalue weighted by Gasteiger charge is -2.09. The maximum absolute atomic E-state index is 12.8. The molecule has 1 amide bonds. The minimum absolute atomic E-state index is 0.163. The third-order valence-corrected chi connectivity index (χ3v) is 5.82. The number of amides is 1. The Kier molecular flexibility index (Phi) is 7.52. The van der Waals surface area contributed by atoms with Crippen LogP contribution in [-0.4, -0.2) is 15.7 Å². The number of rotatable bonds is 9. The van der Waals surface area contributed by atoms with Crippen molar-refractivity contribution in [3.63, 3.8) is 0 Å². The molecule has 0 aliphatic heterocycles. The van der Waals surface area contributed by atoms with Gasteiger partial charge in [-0.2, -0.15) is 10.4 Å². The van der Waals surface area contributed by atoms with Gasteiger partial charge in [0.2, 0.25) is 0 Å². The van der Waals surface area contributed by atoms with Crippen LogP contribution in [0.2, 0.25) is 0 Å². The highest BCUT2D eigenvalue weighted by Crippen LogP contribution is 2.24. The van der Waals surface area contributed by atoms with Crippen LogP contribution >= 0.6 is 0 Å². The first-order valence-electron chi connectivity index (χ1n) is 11.6. The number of nitrogens with zero attached hydrogens (tertiary/aromatic N) is 3. The molecule has 0 radical (unpaired) electrons. The zero-order valence-electron chi connectivity index (χ0n) is 19.4. The normalized spacial score (nSPS) is 10.6. The summed E-state index contributed by atoms with van der Waals surface area (Å²) < 4.78 is 1.94. The highest BCUT2D eigenvalue weighted by Gasteiger charge is 2.15. The number of nitriles is 1. The molecule has 0 saturated carbocycles. The minimum Gasteiger partial charge on any atom is -0.347 e. The molecule has 0 unspecified atom stereocenters. The van der Waals surface area contributed by atoms with Gasteiger partial charge in [-0.15, -0.1) is 0 Å². The first kappa shape index (κ1) is 23.0. The molecular weight excluding hydrogens is 420 g/mol. The molecular formula is C29H28N4O. The number of nitrogens with one attached hydrogen (secondary N) is 1. The Morgan fingerprint density at radius 2 is 1.71 bits per heavy atom. The predicted octanol–water partition coefficient (Wildman–Crippen LogP) is 5.74. The van der Waals surface area contributed by atoms with Crippen molar-refractivity contribution in [3.8, 4) is 17.2 Å². The fraction of sp³-hybridized carbons (Fsp3) is 0.207. The van der Waals surface area contributed by atoms with Gasteiger partial charge in [0.05, 0.1) is 18.2 Å². The van der Waals surface area contributed by atoms with E-state index < -0.39 is 0 Å². The van der Waals surface area contributed by atoms with Gasteiger partial charge in [0.15, 0.2) is 0 Å². The van der Waals surface area contributed by atoms with Crippen LogP contribution in [0.4, 0.5) is 0 Å². The number of benzene rings is 3. The van der Waals surface area contributed by atoms with E-state index in [-0.39, 0.29) is 5.91 Å². The summed E-state index contributed by atoms with van der Waals surface area (Å²) in [5.74, 6) is -0.163. The first-order valence-corrected chi connectivity index (χ1v) is 11.6. The molecule has 0 atom stereocenters. The highest BCUT2D eigenvalue weighted by atomic mass is 16.1. The molecule has 0 aliphatic rings. The van der Waals surface area contributed by atoms with E-state index in [1.54, 1.807) is 0 Å². The standard InChI is InChI=1S/C29H28N4O/c1-2-3-12-26-18-28(29(34)31-20-22-9-5-4-6-10-22)32-33(26)21-23-14-16-24(17-15-23)27-13-8-7-11-25(27)19-30/h4-11,13-18H,2-3,12,20-21H2,1H3,(H,31,34). The third kappa shape index (κ3) is 5.60. The fourth-order valence-electron chi connectivity index (χ4n) is 3.93. The monoisotopic (exact) mass is 448 g/mol. The first-order chi connectivity index (χ1) is 16.7. The van der Waals surface area contributed by atoms with Crippen molar-refractivity contribution in [2.24, 2.45) is 0 Å². The molecule has 4 rings (SSSR count). The van der Waals surface area contributed by atoms with Crippen LogP contribution in [-0.2, 0) is 19.5 Å². The van der Waals surface area contributed by atoms with Crippen molar-refractivity contribution >= 4 is 5.91 Å². The number of hydrogen-bond acceptors (Lipinski definition) is 3. The minimum atomic E-state index is -0.163. The molecule has 34 heavy (non-hydrogen) atoms. The van der Waals surface area contributed by atoms with Gasteiger partial charge >= 0.3 is 0 Å². The summed E-state index contributed by atoms with van der Waals surface area (Å²) in [7, 11) is 0. The van der Waals surface area contributed by atoms with E-state index in [1.807, 2.05) is 77.5 Å². The number of carbonyl (C=O) groups is 1. The van der Waals surface area contributed by atoms with Gasteiger partial charge in [0.25, 0.3) is 5.91 Å². The van der Waals surface area contributed by atoms with E-state index in [0.29, 0.717) is 24.3 Å². The van der Waals surface area contributed by atoms with Crippen molar-refractivity contribution in [1.29, 1.82) is 5.26 Å². The van der Waals surface area contributed by atoms with Crippen molar-refractivity contribution in [2.45, 2.75) is 39.3 Å². The zero-order valence-corrected chi connectivity index (χ0v) is 19.4. The maximum atomic E-state index is 12.8. The predicted molar refractivity (Wildman–Crippen MR) is 134 cm³/mol. The van der Waals surface area contributed by atoms with Crippen LogP contribution in [0.1, 0.15) is 52.6 Å². The lowest BCUT2D eigenvalue weighted by atomic mass is 9.99. The van der Waals surface area contributed by atoms with Crippen LogP contribution in [0.3, 0.4) is 0 Å². The number of carbonyl (C=O) groups excluding carboxylic acids is 1. The zero-order chi connectivity index (χ0) is 23.8. The second-order valence-corrected chi connectivity index (χ2v) is 8.30. The summed E-state index contributed by atoms with van der Waals surface area (Å²) in [5.41, 5.74) is 6.25. The van der Waals surface area contributed by atoms with Crippen LogP contribution in [0.25, 0.3) is 11.1 Å². The molecule has 0 spiro atoms. The molecule has 5 heteroatoms. The average molecular weight is 449 g/mol. The number of aromatic nitrogens is 2. The Hall–Kier alpha value is -4.17. The molecule has 4 aromatic rings. The molecule has 1 N–H and O–H groups in total. The van der Waals surface area contributed by atoms with Crippen molar-refractivity contribution in [2.75, 3.05) is 0 Å². The van der Waals surface area contributed by atoms with Crippen LogP contribution in [0, 0.1) is 11.3 Å². The van der Waals surface area contributed by atoms with Crippen LogP contribution < -0.4 is 5.32 Å². The summed E-state index contributed by atoms with van der Waals surface area (Å²) in [4.78, 5) is 12.8. The van der Waals surface area contributed by atoms with Gasteiger partial charge in [0, 0.05) is 12.2 Å². The molecule has 170 valence electrons. The lowest BCUT2D eigenvalue weighted by Crippen LogP contribution is -2.23. The van der Waals surface area contributed by atoms with Crippen molar-refractivity contribution < 1.29 is 4.79 Å². The number of hydrogen-bond donors (Lipinski definition) is 1. The van der Waals surface area contributed by atoms with Crippen molar-refractivity contribution in [1.82, 2.24) is 15.1 Å². The Morgan fingerprint density at radius 3 is 2.44 bits per heavy atom. The summed E-state index contributed by atoms with van der Waals surface area (Å²) in [6, 6.07) is 29.8. The molecule has 5 nitrogen and oxygen atoms in total. The number of aryl methyl sites for hydroxylation is 1. The van der Waals surface area contributed by atoms with Gasteiger partial charge in [-0.3, -0.25) is 9.48 Å². The summed E-state index contributed by atoms with van der Waals surface area (Å²) in [6.07, 6.45) is 3.00. The average Bonchev–Trinajstić information content (AvgIpc) is 3.29. The van der Waals surface area contributed by atoms with E-state index in [1.165, 1.54) is 0 Å². The van der Waals surface area contributed by atoms with Crippen LogP contribution in [0.5, 0.6) is 0 Å². The van der Waals surface area contributed by atoms with E-state index in [9.17, 15) is 10.1 Å². The Balaban J connectivity index is 1.50. The van der Waals surface area contributed by atoms with Gasteiger partial charge in [-0.05, 0) is 47.2 Å². The summed E-state index contributed by atoms with van der Waals surface area (Å²) in [5, 5.41) is 17.0. The largest absolute Gasteiger partial charge is 0.347 e. The quantitative estimate of drug-likeness (QED) is 0.355. The summed E-state index contributed by atoms with van der Waals surface area (Å²) in [6.45, 7) is 3.22. The molecule has 0 bridgehead atoms. The highest BCUT2D eigenvalue weighted by molar-refractivity contribution is 5.92. The van der Waals surface area contributed by atoms with Gasteiger partial charge in [0.1, 0.15) is 5.69 Å². The van der Waals surface area contributed by atoms with Gasteiger partial charge < -0.3 is 5.32 Å². The topological polar surface area (TPSA) is 70.7 Å².